The van der Waals surface area contributed by atoms with E-state index in [1.54, 1.807) is 17.7 Å². The molecule has 3 aromatic rings. The lowest BCUT2D eigenvalue weighted by Crippen LogP contribution is -2.27. The average Bonchev–Trinajstić information content (AvgIpc) is 2.90. The summed E-state index contributed by atoms with van der Waals surface area (Å²) in [7, 11) is 2.14. The highest BCUT2D eigenvalue weighted by Gasteiger charge is 2.21. The molecule has 23 heavy (non-hydrogen) atoms. The van der Waals surface area contributed by atoms with Gasteiger partial charge in [0.15, 0.2) is 0 Å². The second-order valence-electron chi connectivity index (χ2n) is 5.98. The second kappa shape index (κ2) is 5.74. The fourth-order valence-electron chi connectivity index (χ4n) is 3.11. The highest BCUT2D eigenvalue weighted by Crippen LogP contribution is 2.31. The molecule has 2 aromatic heterocycles. The third-order valence-electron chi connectivity index (χ3n) is 4.37. The van der Waals surface area contributed by atoms with Gasteiger partial charge in [-0.1, -0.05) is 29.8 Å². The van der Waals surface area contributed by atoms with E-state index in [0.717, 1.165) is 40.3 Å². The molecular formula is C17H17ClN4S. The standard InChI is InChI=1S/C17H17ClN4S/c1-21-7-6-12-14(9-21)23-17-15(12)16(19)22(10-20-17)8-11-4-2-3-5-13(11)18/h2-5,10,19H,6-9H2,1H3. The zero-order valence-corrected chi connectivity index (χ0v) is 14.4. The number of nitrogens with one attached hydrogen (secondary N) is 1. The van der Waals surface area contributed by atoms with Gasteiger partial charge in [0.25, 0.3) is 0 Å². The topological polar surface area (TPSA) is 44.9 Å². The molecule has 1 aliphatic heterocycles. The number of likely N-dealkylation sites (N-methyl/N-ethyl adjacent to an activating group) is 1. The van der Waals surface area contributed by atoms with Crippen molar-refractivity contribution in [1.82, 2.24) is 14.5 Å². The number of aromatic nitrogens is 2. The van der Waals surface area contributed by atoms with Crippen LogP contribution in [0.3, 0.4) is 0 Å². The van der Waals surface area contributed by atoms with Gasteiger partial charge in [-0.3, -0.25) is 5.41 Å². The van der Waals surface area contributed by atoms with Crippen molar-refractivity contribution in [2.75, 3.05) is 13.6 Å². The summed E-state index contributed by atoms with van der Waals surface area (Å²) in [6.45, 7) is 2.57. The molecular weight excluding hydrogens is 328 g/mol. The van der Waals surface area contributed by atoms with E-state index in [4.69, 9.17) is 17.0 Å². The molecule has 1 aliphatic rings. The first-order valence-corrected chi connectivity index (χ1v) is 8.79. The summed E-state index contributed by atoms with van der Waals surface area (Å²) in [5, 5.41) is 10.4. The maximum Gasteiger partial charge on any atom is 0.136 e. The van der Waals surface area contributed by atoms with Gasteiger partial charge in [0, 0.05) is 23.0 Å². The summed E-state index contributed by atoms with van der Waals surface area (Å²) in [6.07, 6.45) is 2.76. The normalized spacial score (nSPS) is 15.0. The monoisotopic (exact) mass is 344 g/mol. The number of hydrogen-bond donors (Lipinski definition) is 1. The Labute approximate surface area is 143 Å². The molecule has 0 unspecified atom stereocenters. The molecule has 6 heteroatoms. The summed E-state index contributed by atoms with van der Waals surface area (Å²) in [5.41, 5.74) is 2.86. The first-order chi connectivity index (χ1) is 11.1. The Balaban J connectivity index is 1.82. The molecule has 0 atom stereocenters. The minimum absolute atomic E-state index is 0.539. The van der Waals surface area contributed by atoms with Crippen LogP contribution in [0.15, 0.2) is 30.6 Å². The SMILES string of the molecule is CN1CCc2c(sc3ncn(Cc4ccccc4Cl)c(=N)c23)C1. The molecule has 0 fully saturated rings. The van der Waals surface area contributed by atoms with Crippen LogP contribution in [0.4, 0.5) is 0 Å². The van der Waals surface area contributed by atoms with Crippen LogP contribution in [-0.4, -0.2) is 28.0 Å². The van der Waals surface area contributed by atoms with E-state index in [1.165, 1.54) is 10.4 Å². The predicted octanol–water partition coefficient (Wildman–Crippen LogP) is 3.27. The number of rotatable bonds is 2. The highest BCUT2D eigenvalue weighted by atomic mass is 35.5. The van der Waals surface area contributed by atoms with Gasteiger partial charge in [0.1, 0.15) is 10.3 Å². The molecule has 0 radical (unpaired) electrons. The maximum atomic E-state index is 8.64. The lowest BCUT2D eigenvalue weighted by atomic mass is 10.1. The quantitative estimate of drug-likeness (QED) is 0.775. The lowest BCUT2D eigenvalue weighted by molar-refractivity contribution is 0.318. The zero-order valence-electron chi connectivity index (χ0n) is 12.8. The van der Waals surface area contributed by atoms with Crippen molar-refractivity contribution in [2.45, 2.75) is 19.5 Å². The molecule has 1 aromatic carbocycles. The number of benzene rings is 1. The summed E-state index contributed by atoms with van der Waals surface area (Å²) < 4.78 is 1.88. The molecule has 1 N–H and O–H groups in total. The van der Waals surface area contributed by atoms with Gasteiger partial charge < -0.3 is 9.47 Å². The van der Waals surface area contributed by atoms with Gasteiger partial charge in [-0.2, -0.15) is 0 Å². The van der Waals surface area contributed by atoms with Crippen LogP contribution >= 0.6 is 22.9 Å². The third-order valence-corrected chi connectivity index (χ3v) is 5.86. The molecule has 0 aliphatic carbocycles. The minimum Gasteiger partial charge on any atom is -0.312 e. The summed E-state index contributed by atoms with van der Waals surface area (Å²) in [5.74, 6) is 0. The Bertz CT molecular complexity index is 943. The summed E-state index contributed by atoms with van der Waals surface area (Å²) >= 11 is 7.98. The van der Waals surface area contributed by atoms with Gasteiger partial charge in [-0.15, -0.1) is 11.3 Å². The van der Waals surface area contributed by atoms with Crippen molar-refractivity contribution in [3.63, 3.8) is 0 Å². The van der Waals surface area contributed by atoms with Crippen molar-refractivity contribution >= 4 is 33.2 Å². The van der Waals surface area contributed by atoms with Gasteiger partial charge in [-0.05, 0) is 30.7 Å². The molecule has 4 rings (SSSR count). The van der Waals surface area contributed by atoms with E-state index >= 15 is 0 Å². The Morgan fingerprint density at radius 3 is 3.00 bits per heavy atom. The van der Waals surface area contributed by atoms with Crippen LogP contribution in [0.25, 0.3) is 10.2 Å². The molecule has 0 spiro atoms. The average molecular weight is 345 g/mol. The first kappa shape index (κ1) is 14.9. The smallest absolute Gasteiger partial charge is 0.136 e. The van der Waals surface area contributed by atoms with Crippen molar-refractivity contribution in [2.24, 2.45) is 0 Å². The number of fused-ring (bicyclic) bond motifs is 3. The fraction of sp³-hybridized carbons (Fsp3) is 0.294. The van der Waals surface area contributed by atoms with Crippen molar-refractivity contribution in [1.29, 1.82) is 5.41 Å². The number of thiophene rings is 1. The summed E-state index contributed by atoms with van der Waals surface area (Å²) in [4.78, 5) is 9.25. The van der Waals surface area contributed by atoms with Crippen LogP contribution < -0.4 is 5.49 Å². The second-order valence-corrected chi connectivity index (χ2v) is 7.48. The molecule has 0 bridgehead atoms. The van der Waals surface area contributed by atoms with Gasteiger partial charge in [0.05, 0.1) is 18.3 Å². The summed E-state index contributed by atoms with van der Waals surface area (Å²) in [6, 6.07) is 7.78. The molecule has 0 saturated heterocycles. The van der Waals surface area contributed by atoms with Gasteiger partial charge in [0.2, 0.25) is 0 Å². The molecule has 3 heterocycles. The number of hydrogen-bond acceptors (Lipinski definition) is 4. The van der Waals surface area contributed by atoms with E-state index < -0.39 is 0 Å². The molecule has 0 amide bonds. The minimum atomic E-state index is 0.539. The zero-order chi connectivity index (χ0) is 16.0. The van der Waals surface area contributed by atoms with E-state index in [1.807, 2.05) is 28.8 Å². The van der Waals surface area contributed by atoms with Crippen molar-refractivity contribution in [3.05, 3.63) is 57.1 Å². The highest BCUT2D eigenvalue weighted by molar-refractivity contribution is 7.18. The molecule has 118 valence electrons. The van der Waals surface area contributed by atoms with Crippen LogP contribution in [0.5, 0.6) is 0 Å². The van der Waals surface area contributed by atoms with E-state index in [2.05, 4.69) is 16.9 Å². The van der Waals surface area contributed by atoms with E-state index in [0.29, 0.717) is 12.0 Å². The van der Waals surface area contributed by atoms with E-state index in [9.17, 15) is 0 Å². The Morgan fingerprint density at radius 2 is 2.17 bits per heavy atom. The first-order valence-electron chi connectivity index (χ1n) is 7.59. The van der Waals surface area contributed by atoms with Crippen LogP contribution in [0, 0.1) is 5.41 Å². The van der Waals surface area contributed by atoms with Crippen LogP contribution in [0.1, 0.15) is 16.0 Å². The van der Waals surface area contributed by atoms with Crippen LogP contribution in [-0.2, 0) is 19.5 Å². The van der Waals surface area contributed by atoms with Crippen molar-refractivity contribution < 1.29 is 0 Å². The Hall–Kier alpha value is -1.69. The Kier molecular flexibility index (Phi) is 3.71. The van der Waals surface area contributed by atoms with Gasteiger partial charge >= 0.3 is 0 Å². The molecule has 4 nitrogen and oxygen atoms in total. The van der Waals surface area contributed by atoms with Crippen LogP contribution in [0.2, 0.25) is 5.02 Å². The largest absolute Gasteiger partial charge is 0.312 e. The number of halogens is 1. The van der Waals surface area contributed by atoms with Gasteiger partial charge in [-0.25, -0.2) is 4.98 Å². The van der Waals surface area contributed by atoms with Crippen molar-refractivity contribution in [3.8, 4) is 0 Å². The van der Waals surface area contributed by atoms with E-state index in [-0.39, 0.29) is 0 Å². The third kappa shape index (κ3) is 2.59. The predicted molar refractivity (Wildman–Crippen MR) is 94.1 cm³/mol. The lowest BCUT2D eigenvalue weighted by Gasteiger charge is -2.22. The Morgan fingerprint density at radius 1 is 1.35 bits per heavy atom. The maximum absolute atomic E-state index is 8.64. The fourth-order valence-corrected chi connectivity index (χ4v) is 4.57. The molecule has 0 saturated carbocycles. The number of nitrogens with zero attached hydrogens (tertiary/aromatic N) is 3.